The Balaban J connectivity index is 1.29. The van der Waals surface area contributed by atoms with Crippen molar-refractivity contribution in [2.45, 2.75) is 25.7 Å². The summed E-state index contributed by atoms with van der Waals surface area (Å²) in [7, 11) is 0. The van der Waals surface area contributed by atoms with Crippen molar-refractivity contribution >= 4 is 23.4 Å². The van der Waals surface area contributed by atoms with Gasteiger partial charge in [-0.25, -0.2) is 15.0 Å². The zero-order valence-electron chi connectivity index (χ0n) is 15.3. The molecule has 0 N–H and O–H groups in total. The van der Waals surface area contributed by atoms with Crippen LogP contribution in [0, 0.1) is 23.2 Å². The van der Waals surface area contributed by atoms with Crippen LogP contribution in [-0.2, 0) is 0 Å². The minimum absolute atomic E-state index is 0.492. The molecule has 0 spiro atoms. The second kappa shape index (κ2) is 8.10. The molecular formula is C20H23ClN6. The smallest absolute Gasteiger partial charge is 0.225 e. The van der Waals surface area contributed by atoms with Crippen LogP contribution in [0.3, 0.4) is 0 Å². The van der Waals surface area contributed by atoms with Gasteiger partial charge in [-0.1, -0.05) is 17.7 Å². The fourth-order valence-electron chi connectivity index (χ4n) is 4.30. The molecule has 0 bridgehead atoms. The van der Waals surface area contributed by atoms with Crippen LogP contribution in [0.4, 0.5) is 11.8 Å². The molecular weight excluding hydrogens is 360 g/mol. The molecule has 2 saturated heterocycles. The zero-order chi connectivity index (χ0) is 18.6. The minimum Gasteiger partial charge on any atom is -0.357 e. The highest BCUT2D eigenvalue weighted by Gasteiger charge is 2.30. The maximum atomic E-state index is 9.04. The average Bonchev–Trinajstić information content (AvgIpc) is 2.75. The summed E-state index contributed by atoms with van der Waals surface area (Å²) < 4.78 is 0. The van der Waals surface area contributed by atoms with E-state index in [2.05, 4.69) is 30.8 Å². The van der Waals surface area contributed by atoms with Crippen molar-refractivity contribution in [2.75, 3.05) is 36.0 Å². The third-order valence-corrected chi connectivity index (χ3v) is 6.00. The summed E-state index contributed by atoms with van der Waals surface area (Å²) in [5.41, 5.74) is 0.492. The van der Waals surface area contributed by atoms with Gasteiger partial charge in [0.15, 0.2) is 0 Å². The van der Waals surface area contributed by atoms with Crippen LogP contribution in [0.1, 0.15) is 31.4 Å². The van der Waals surface area contributed by atoms with E-state index in [1.807, 2.05) is 12.1 Å². The molecule has 2 aliphatic heterocycles. The fourth-order valence-corrected chi connectivity index (χ4v) is 4.40. The number of pyridine rings is 1. The van der Waals surface area contributed by atoms with Crippen molar-refractivity contribution < 1.29 is 0 Å². The molecule has 0 unspecified atom stereocenters. The highest BCUT2D eigenvalue weighted by molar-refractivity contribution is 6.30. The molecule has 27 heavy (non-hydrogen) atoms. The SMILES string of the molecule is N#Cc1cccc(N2CCC(C3CCN(c4ncc(Cl)cn4)CC3)CC2)n1. The van der Waals surface area contributed by atoms with Gasteiger partial charge < -0.3 is 9.80 Å². The summed E-state index contributed by atoms with van der Waals surface area (Å²) in [5, 5.41) is 9.62. The van der Waals surface area contributed by atoms with E-state index < -0.39 is 0 Å². The summed E-state index contributed by atoms with van der Waals surface area (Å²) >= 11 is 5.88. The predicted molar refractivity (Wildman–Crippen MR) is 106 cm³/mol. The second-order valence-electron chi connectivity index (χ2n) is 7.34. The molecule has 0 atom stereocenters. The van der Waals surface area contributed by atoms with Gasteiger partial charge in [-0.15, -0.1) is 0 Å². The number of nitrogens with zero attached hydrogens (tertiary/aromatic N) is 6. The van der Waals surface area contributed by atoms with Crippen molar-refractivity contribution in [1.82, 2.24) is 15.0 Å². The molecule has 2 aromatic rings. The van der Waals surface area contributed by atoms with Gasteiger partial charge in [-0.2, -0.15) is 5.26 Å². The lowest BCUT2D eigenvalue weighted by Crippen LogP contribution is -2.41. The monoisotopic (exact) mass is 382 g/mol. The standard InChI is InChI=1S/C20H23ClN6/c21-17-13-23-20(24-14-17)27-10-6-16(7-11-27)15-4-8-26(9-5-15)19-3-1-2-18(12-22)25-19/h1-3,13-16H,4-11H2. The first-order valence-electron chi connectivity index (χ1n) is 9.57. The molecule has 0 radical (unpaired) electrons. The second-order valence-corrected chi connectivity index (χ2v) is 7.78. The van der Waals surface area contributed by atoms with Gasteiger partial charge in [0.1, 0.15) is 17.6 Å². The van der Waals surface area contributed by atoms with Crippen LogP contribution in [0.5, 0.6) is 0 Å². The summed E-state index contributed by atoms with van der Waals surface area (Å²) in [6.45, 7) is 4.07. The van der Waals surface area contributed by atoms with E-state index in [4.69, 9.17) is 16.9 Å². The summed E-state index contributed by atoms with van der Waals surface area (Å²) in [5.74, 6) is 3.26. The molecule has 7 heteroatoms. The predicted octanol–water partition coefficient (Wildman–Crippen LogP) is 3.53. The molecule has 4 heterocycles. The Hall–Kier alpha value is -2.39. The quantitative estimate of drug-likeness (QED) is 0.808. The average molecular weight is 383 g/mol. The van der Waals surface area contributed by atoms with Crippen molar-refractivity contribution in [3.63, 3.8) is 0 Å². The van der Waals surface area contributed by atoms with Crippen LogP contribution in [0.25, 0.3) is 0 Å². The maximum Gasteiger partial charge on any atom is 0.225 e. The van der Waals surface area contributed by atoms with E-state index in [9.17, 15) is 0 Å². The Morgan fingerprint density at radius 1 is 0.926 bits per heavy atom. The number of hydrogen-bond acceptors (Lipinski definition) is 6. The van der Waals surface area contributed by atoms with Crippen molar-refractivity contribution in [3.8, 4) is 6.07 Å². The van der Waals surface area contributed by atoms with Crippen LogP contribution in [-0.4, -0.2) is 41.1 Å². The van der Waals surface area contributed by atoms with Crippen LogP contribution < -0.4 is 9.80 Å². The highest BCUT2D eigenvalue weighted by Crippen LogP contribution is 2.34. The van der Waals surface area contributed by atoms with E-state index in [-0.39, 0.29) is 0 Å². The summed E-state index contributed by atoms with van der Waals surface area (Å²) in [6.07, 6.45) is 8.11. The van der Waals surface area contributed by atoms with Gasteiger partial charge in [0.05, 0.1) is 17.4 Å². The summed E-state index contributed by atoms with van der Waals surface area (Å²) in [4.78, 5) is 17.7. The van der Waals surface area contributed by atoms with Crippen molar-refractivity contribution in [3.05, 3.63) is 41.3 Å². The van der Waals surface area contributed by atoms with E-state index in [1.165, 1.54) is 25.7 Å². The Bertz CT molecular complexity index is 802. The molecule has 2 fully saturated rings. The largest absolute Gasteiger partial charge is 0.357 e. The van der Waals surface area contributed by atoms with E-state index in [0.717, 1.165) is 49.8 Å². The van der Waals surface area contributed by atoms with Crippen LogP contribution in [0.15, 0.2) is 30.6 Å². The van der Waals surface area contributed by atoms with Crippen LogP contribution in [0.2, 0.25) is 5.02 Å². The molecule has 4 rings (SSSR count). The Labute approximate surface area is 164 Å². The normalized spacial score (nSPS) is 19.1. The first kappa shape index (κ1) is 18.0. The zero-order valence-corrected chi connectivity index (χ0v) is 16.0. The Kier molecular flexibility index (Phi) is 5.40. The van der Waals surface area contributed by atoms with Crippen molar-refractivity contribution in [2.24, 2.45) is 11.8 Å². The summed E-state index contributed by atoms with van der Waals surface area (Å²) in [6, 6.07) is 7.81. The van der Waals surface area contributed by atoms with Crippen molar-refractivity contribution in [1.29, 1.82) is 5.26 Å². The molecule has 140 valence electrons. The lowest BCUT2D eigenvalue weighted by molar-refractivity contribution is 0.232. The van der Waals surface area contributed by atoms with E-state index in [0.29, 0.717) is 10.7 Å². The topological polar surface area (TPSA) is 68.9 Å². The molecule has 0 saturated carbocycles. The third-order valence-electron chi connectivity index (χ3n) is 5.81. The Morgan fingerprint density at radius 3 is 2.11 bits per heavy atom. The van der Waals surface area contributed by atoms with Gasteiger partial charge in [0.25, 0.3) is 0 Å². The first-order valence-corrected chi connectivity index (χ1v) is 9.95. The third kappa shape index (κ3) is 4.14. The van der Waals surface area contributed by atoms with Gasteiger partial charge >= 0.3 is 0 Å². The Morgan fingerprint density at radius 2 is 1.52 bits per heavy atom. The number of halogens is 1. The molecule has 0 aromatic carbocycles. The highest BCUT2D eigenvalue weighted by atomic mass is 35.5. The number of aromatic nitrogens is 3. The van der Waals surface area contributed by atoms with Gasteiger partial charge in [0.2, 0.25) is 5.95 Å². The minimum atomic E-state index is 0.492. The maximum absolute atomic E-state index is 9.04. The van der Waals surface area contributed by atoms with E-state index in [1.54, 1.807) is 18.5 Å². The van der Waals surface area contributed by atoms with E-state index >= 15 is 0 Å². The van der Waals surface area contributed by atoms with Gasteiger partial charge in [-0.3, -0.25) is 0 Å². The van der Waals surface area contributed by atoms with Gasteiger partial charge in [-0.05, 0) is 49.7 Å². The molecule has 0 aliphatic carbocycles. The number of piperidine rings is 2. The lowest BCUT2D eigenvalue weighted by atomic mass is 9.79. The molecule has 6 nitrogen and oxygen atoms in total. The number of rotatable bonds is 3. The number of hydrogen-bond donors (Lipinski definition) is 0. The molecule has 0 amide bonds. The lowest BCUT2D eigenvalue weighted by Gasteiger charge is -2.40. The molecule has 2 aliphatic rings. The fraction of sp³-hybridized carbons (Fsp3) is 0.500. The van der Waals surface area contributed by atoms with Crippen LogP contribution >= 0.6 is 11.6 Å². The number of nitriles is 1. The molecule has 2 aromatic heterocycles. The van der Waals surface area contributed by atoms with Gasteiger partial charge in [0, 0.05) is 26.2 Å². The first-order chi connectivity index (χ1) is 13.2. The number of anilines is 2.